The van der Waals surface area contributed by atoms with Crippen molar-refractivity contribution in [2.45, 2.75) is 25.9 Å². The van der Waals surface area contributed by atoms with Gasteiger partial charge in [-0.05, 0) is 18.6 Å². The topological polar surface area (TPSA) is 57.6 Å². The summed E-state index contributed by atoms with van der Waals surface area (Å²) in [5, 5.41) is 9.64. The van der Waals surface area contributed by atoms with E-state index in [0.717, 1.165) is 17.0 Å². The minimum atomic E-state index is -1.17. The van der Waals surface area contributed by atoms with Gasteiger partial charge in [0.25, 0.3) is 11.8 Å². The Balaban J connectivity index is 2.29. The zero-order valence-corrected chi connectivity index (χ0v) is 10.3. The molecule has 102 valence electrons. The van der Waals surface area contributed by atoms with Crippen molar-refractivity contribution in [3.63, 3.8) is 0 Å². The van der Waals surface area contributed by atoms with Gasteiger partial charge in [-0.2, -0.15) is 0 Å². The third-order valence-corrected chi connectivity index (χ3v) is 3.03. The molecule has 0 bridgehead atoms. The molecule has 1 aromatic carbocycles. The number of amides is 2. The predicted octanol–water partition coefficient (Wildman–Crippen LogP) is 1.72. The van der Waals surface area contributed by atoms with Crippen molar-refractivity contribution in [2.24, 2.45) is 0 Å². The summed E-state index contributed by atoms with van der Waals surface area (Å²) < 4.78 is 26.2. The van der Waals surface area contributed by atoms with E-state index in [2.05, 4.69) is 0 Å². The highest BCUT2D eigenvalue weighted by molar-refractivity contribution is 6.21. The van der Waals surface area contributed by atoms with Crippen LogP contribution in [0.15, 0.2) is 12.1 Å². The molecule has 0 aliphatic carbocycles. The van der Waals surface area contributed by atoms with Crippen LogP contribution in [-0.4, -0.2) is 34.5 Å². The van der Waals surface area contributed by atoms with E-state index < -0.39 is 29.6 Å². The molecule has 1 atom stereocenters. The summed E-state index contributed by atoms with van der Waals surface area (Å²) in [7, 11) is 0. The predicted molar refractivity (Wildman–Crippen MR) is 62.6 cm³/mol. The number of imide groups is 1. The number of aliphatic hydroxyl groups is 1. The molecule has 1 heterocycles. The Morgan fingerprint density at radius 3 is 2.05 bits per heavy atom. The van der Waals surface area contributed by atoms with Crippen LogP contribution in [0.25, 0.3) is 0 Å². The molecule has 0 saturated heterocycles. The van der Waals surface area contributed by atoms with Crippen LogP contribution in [0.5, 0.6) is 0 Å². The first-order valence-electron chi connectivity index (χ1n) is 5.99. The van der Waals surface area contributed by atoms with E-state index >= 15 is 0 Å². The number of benzene rings is 1. The summed E-state index contributed by atoms with van der Waals surface area (Å²) in [4.78, 5) is 24.7. The van der Waals surface area contributed by atoms with E-state index in [0.29, 0.717) is 12.8 Å². The lowest BCUT2D eigenvalue weighted by molar-refractivity contribution is 0.0532. The number of rotatable bonds is 4. The Labute approximate surface area is 108 Å². The van der Waals surface area contributed by atoms with E-state index in [1.165, 1.54) is 0 Å². The Bertz CT molecular complexity index is 504. The Morgan fingerprint density at radius 1 is 1.16 bits per heavy atom. The Hall–Kier alpha value is -1.82. The van der Waals surface area contributed by atoms with Crippen LogP contribution in [0, 0.1) is 11.6 Å². The molecule has 6 heteroatoms. The smallest absolute Gasteiger partial charge is 0.261 e. The molecule has 0 fully saturated rings. The Morgan fingerprint density at radius 2 is 1.63 bits per heavy atom. The fraction of sp³-hybridized carbons (Fsp3) is 0.385. The van der Waals surface area contributed by atoms with Gasteiger partial charge in [-0.3, -0.25) is 14.5 Å². The third-order valence-electron chi connectivity index (χ3n) is 3.03. The van der Waals surface area contributed by atoms with Crippen LogP contribution in [0.3, 0.4) is 0 Å². The molecule has 1 aliphatic heterocycles. The molecule has 2 rings (SSSR count). The molecule has 2 amide bonds. The van der Waals surface area contributed by atoms with Gasteiger partial charge in [0.1, 0.15) is 0 Å². The summed E-state index contributed by atoms with van der Waals surface area (Å²) >= 11 is 0. The molecule has 1 aromatic rings. The summed E-state index contributed by atoms with van der Waals surface area (Å²) in [6, 6.07) is 1.44. The number of hydrogen-bond acceptors (Lipinski definition) is 3. The lowest BCUT2D eigenvalue weighted by atomic mass is 10.1. The number of nitrogens with zero attached hydrogens (tertiary/aromatic N) is 1. The van der Waals surface area contributed by atoms with E-state index in [4.69, 9.17) is 0 Å². The number of carbonyl (C=O) groups is 2. The van der Waals surface area contributed by atoms with Crippen LogP contribution >= 0.6 is 0 Å². The zero-order valence-electron chi connectivity index (χ0n) is 10.3. The van der Waals surface area contributed by atoms with Gasteiger partial charge >= 0.3 is 0 Å². The fourth-order valence-electron chi connectivity index (χ4n) is 2.08. The number of carbonyl (C=O) groups excluding carboxylic acids is 2. The van der Waals surface area contributed by atoms with Gasteiger partial charge in [0, 0.05) is 0 Å². The molecule has 1 aliphatic rings. The molecule has 19 heavy (non-hydrogen) atoms. The number of halogens is 2. The van der Waals surface area contributed by atoms with Gasteiger partial charge in [-0.25, -0.2) is 8.78 Å². The van der Waals surface area contributed by atoms with Crippen LogP contribution in [0.4, 0.5) is 8.78 Å². The van der Waals surface area contributed by atoms with E-state index in [-0.39, 0.29) is 17.7 Å². The maximum absolute atomic E-state index is 13.1. The van der Waals surface area contributed by atoms with Crippen molar-refractivity contribution < 1.29 is 23.5 Å². The van der Waals surface area contributed by atoms with E-state index in [1.807, 2.05) is 6.92 Å². The maximum Gasteiger partial charge on any atom is 0.261 e. The lowest BCUT2D eigenvalue weighted by Gasteiger charge is -2.17. The van der Waals surface area contributed by atoms with Crippen molar-refractivity contribution in [1.29, 1.82) is 0 Å². The van der Waals surface area contributed by atoms with Gasteiger partial charge < -0.3 is 5.11 Å². The molecule has 0 spiro atoms. The first kappa shape index (κ1) is 13.6. The van der Waals surface area contributed by atoms with E-state index in [1.54, 1.807) is 0 Å². The molecule has 1 N–H and O–H groups in total. The minimum Gasteiger partial charge on any atom is -0.391 e. The third kappa shape index (κ3) is 2.35. The van der Waals surface area contributed by atoms with Crippen LogP contribution in [0.2, 0.25) is 0 Å². The van der Waals surface area contributed by atoms with E-state index in [9.17, 15) is 23.5 Å². The van der Waals surface area contributed by atoms with Crippen molar-refractivity contribution in [2.75, 3.05) is 6.54 Å². The number of hydrogen-bond donors (Lipinski definition) is 1. The van der Waals surface area contributed by atoms with Crippen molar-refractivity contribution >= 4 is 11.8 Å². The molecular formula is C13H13F2NO3. The van der Waals surface area contributed by atoms with Crippen LogP contribution < -0.4 is 0 Å². The molecule has 4 nitrogen and oxygen atoms in total. The van der Waals surface area contributed by atoms with Gasteiger partial charge in [0.2, 0.25) is 0 Å². The second kappa shape index (κ2) is 5.05. The van der Waals surface area contributed by atoms with Crippen molar-refractivity contribution in [3.05, 3.63) is 34.9 Å². The fourth-order valence-corrected chi connectivity index (χ4v) is 2.08. The highest BCUT2D eigenvalue weighted by atomic mass is 19.2. The second-order valence-electron chi connectivity index (χ2n) is 4.48. The SMILES string of the molecule is CCCC(O)CN1C(=O)c2cc(F)c(F)cc2C1=O. The first-order valence-corrected chi connectivity index (χ1v) is 5.99. The number of aliphatic hydroxyl groups excluding tert-OH is 1. The monoisotopic (exact) mass is 269 g/mol. The number of β-amino-alcohol motifs (C(OH)–C–C–N with tert-alkyl or cyclic N) is 1. The first-order chi connectivity index (χ1) is 8.95. The van der Waals surface area contributed by atoms with Gasteiger partial charge in [-0.15, -0.1) is 0 Å². The zero-order chi connectivity index (χ0) is 14.2. The highest BCUT2D eigenvalue weighted by Crippen LogP contribution is 2.25. The van der Waals surface area contributed by atoms with Gasteiger partial charge in [0.05, 0.1) is 23.8 Å². The van der Waals surface area contributed by atoms with Crippen molar-refractivity contribution in [1.82, 2.24) is 4.90 Å². The summed E-state index contributed by atoms with van der Waals surface area (Å²) in [5.74, 6) is -3.74. The molecular weight excluding hydrogens is 256 g/mol. The lowest BCUT2D eigenvalue weighted by Crippen LogP contribution is -2.36. The largest absolute Gasteiger partial charge is 0.391 e. The Kier molecular flexibility index (Phi) is 3.61. The molecule has 1 unspecified atom stereocenters. The molecule has 0 saturated carbocycles. The summed E-state index contributed by atoms with van der Waals surface area (Å²) in [6.45, 7) is 1.69. The summed E-state index contributed by atoms with van der Waals surface area (Å²) in [5.41, 5.74) is -0.319. The second-order valence-corrected chi connectivity index (χ2v) is 4.48. The quantitative estimate of drug-likeness (QED) is 0.847. The maximum atomic E-state index is 13.1. The molecule has 0 aromatic heterocycles. The minimum absolute atomic E-state index is 0.160. The standard InChI is InChI=1S/C13H13F2NO3/c1-2-3-7(17)6-16-12(18)8-4-10(14)11(15)5-9(8)13(16)19/h4-5,7,17H,2-3,6H2,1H3. The normalized spacial score (nSPS) is 15.9. The molecule has 0 radical (unpaired) electrons. The van der Waals surface area contributed by atoms with Gasteiger partial charge in [0.15, 0.2) is 11.6 Å². The summed E-state index contributed by atoms with van der Waals surface area (Å²) in [6.07, 6.45) is 0.311. The average Bonchev–Trinajstić information content (AvgIpc) is 2.56. The van der Waals surface area contributed by atoms with Crippen LogP contribution in [-0.2, 0) is 0 Å². The number of fused-ring (bicyclic) bond motifs is 1. The highest BCUT2D eigenvalue weighted by Gasteiger charge is 2.37. The van der Waals surface area contributed by atoms with Crippen molar-refractivity contribution in [3.8, 4) is 0 Å². The van der Waals surface area contributed by atoms with Crippen LogP contribution in [0.1, 0.15) is 40.5 Å². The van der Waals surface area contributed by atoms with Gasteiger partial charge in [-0.1, -0.05) is 13.3 Å². The average molecular weight is 269 g/mol.